The van der Waals surface area contributed by atoms with Crippen LogP contribution in [0.3, 0.4) is 0 Å². The van der Waals surface area contributed by atoms with Gasteiger partial charge in [0.1, 0.15) is 0 Å². The van der Waals surface area contributed by atoms with Crippen molar-refractivity contribution >= 4 is 0 Å². The molecular weight excluding hydrogens is 250 g/mol. The Kier molecular flexibility index (Phi) is 4.43. The molecule has 1 aromatic heterocycles. The molecule has 0 spiro atoms. The van der Waals surface area contributed by atoms with E-state index in [4.69, 9.17) is 4.42 Å². The molecule has 1 aliphatic carbocycles. The van der Waals surface area contributed by atoms with Gasteiger partial charge in [0.2, 0.25) is 11.8 Å². The van der Waals surface area contributed by atoms with Crippen LogP contribution in [0.25, 0.3) is 11.5 Å². The Morgan fingerprint density at radius 2 is 1.85 bits per heavy atom. The van der Waals surface area contributed by atoms with Crippen molar-refractivity contribution in [2.45, 2.75) is 44.6 Å². The predicted molar refractivity (Wildman–Crippen MR) is 78.3 cm³/mol. The van der Waals surface area contributed by atoms with Gasteiger partial charge in [-0.2, -0.15) is 0 Å². The number of rotatable bonds is 5. The second-order valence-corrected chi connectivity index (χ2v) is 5.41. The summed E-state index contributed by atoms with van der Waals surface area (Å²) in [6.45, 7) is 0.918. The second-order valence-electron chi connectivity index (χ2n) is 5.41. The van der Waals surface area contributed by atoms with E-state index in [-0.39, 0.29) is 0 Å². The zero-order chi connectivity index (χ0) is 13.6. The number of hydrogen-bond acceptors (Lipinski definition) is 4. The third kappa shape index (κ3) is 3.45. The van der Waals surface area contributed by atoms with E-state index >= 15 is 0 Å². The largest absolute Gasteiger partial charge is 0.421 e. The Bertz CT molecular complexity index is 518. The molecule has 4 heteroatoms. The van der Waals surface area contributed by atoms with Crippen molar-refractivity contribution in [2.24, 2.45) is 0 Å². The van der Waals surface area contributed by atoms with Crippen LogP contribution in [-0.2, 0) is 6.42 Å². The van der Waals surface area contributed by atoms with Crippen LogP contribution in [0.4, 0.5) is 0 Å². The Labute approximate surface area is 119 Å². The maximum atomic E-state index is 5.70. The minimum absolute atomic E-state index is 0.610. The maximum absolute atomic E-state index is 5.70. The first-order chi connectivity index (χ1) is 9.92. The van der Waals surface area contributed by atoms with Crippen LogP contribution in [0.2, 0.25) is 0 Å². The van der Waals surface area contributed by atoms with Crippen molar-refractivity contribution in [3.8, 4) is 11.5 Å². The minimum Gasteiger partial charge on any atom is -0.421 e. The van der Waals surface area contributed by atoms with E-state index in [1.54, 1.807) is 0 Å². The van der Waals surface area contributed by atoms with Crippen LogP contribution in [0.5, 0.6) is 0 Å². The fraction of sp³-hybridized carbons (Fsp3) is 0.500. The Balaban J connectivity index is 1.50. The van der Waals surface area contributed by atoms with Crippen molar-refractivity contribution in [2.75, 3.05) is 6.54 Å². The zero-order valence-electron chi connectivity index (χ0n) is 11.7. The van der Waals surface area contributed by atoms with Gasteiger partial charge < -0.3 is 9.73 Å². The highest BCUT2D eigenvalue weighted by atomic mass is 16.4. The average molecular weight is 271 g/mol. The van der Waals surface area contributed by atoms with E-state index < -0.39 is 0 Å². The molecule has 106 valence electrons. The molecule has 2 aromatic rings. The van der Waals surface area contributed by atoms with E-state index in [0.29, 0.717) is 17.8 Å². The first-order valence-electron chi connectivity index (χ1n) is 7.53. The molecule has 4 nitrogen and oxygen atoms in total. The van der Waals surface area contributed by atoms with Crippen molar-refractivity contribution < 1.29 is 4.42 Å². The summed E-state index contributed by atoms with van der Waals surface area (Å²) >= 11 is 0. The van der Waals surface area contributed by atoms with Gasteiger partial charge in [-0.25, -0.2) is 0 Å². The van der Waals surface area contributed by atoms with Gasteiger partial charge in [0.15, 0.2) is 0 Å². The smallest absolute Gasteiger partial charge is 0.247 e. The molecule has 3 rings (SSSR count). The number of nitrogens with one attached hydrogen (secondary N) is 1. The summed E-state index contributed by atoms with van der Waals surface area (Å²) < 4.78 is 5.70. The van der Waals surface area contributed by atoms with Gasteiger partial charge in [-0.1, -0.05) is 37.5 Å². The highest BCUT2D eigenvalue weighted by molar-refractivity contribution is 5.51. The molecule has 1 aliphatic rings. The molecule has 0 amide bonds. The standard InChI is InChI=1S/C16H21N3O/c1-3-7-13(8-4-1)16-19-18-15(20-16)11-12-17-14-9-5-2-6-10-14/h1,3-4,7-8,14,17H,2,5-6,9-12H2. The summed E-state index contributed by atoms with van der Waals surface area (Å²) in [6, 6.07) is 10.6. The van der Waals surface area contributed by atoms with E-state index in [9.17, 15) is 0 Å². The normalized spacial score (nSPS) is 16.4. The number of hydrogen-bond donors (Lipinski definition) is 1. The lowest BCUT2D eigenvalue weighted by molar-refractivity contribution is 0.369. The molecule has 20 heavy (non-hydrogen) atoms. The summed E-state index contributed by atoms with van der Waals surface area (Å²) in [5, 5.41) is 11.8. The van der Waals surface area contributed by atoms with Crippen molar-refractivity contribution in [3.05, 3.63) is 36.2 Å². The summed E-state index contributed by atoms with van der Waals surface area (Å²) in [6.07, 6.45) is 7.52. The number of nitrogens with zero attached hydrogens (tertiary/aromatic N) is 2. The van der Waals surface area contributed by atoms with Gasteiger partial charge >= 0.3 is 0 Å². The fourth-order valence-corrected chi connectivity index (χ4v) is 2.74. The molecule has 1 aromatic carbocycles. The van der Waals surface area contributed by atoms with E-state index in [2.05, 4.69) is 15.5 Å². The first-order valence-corrected chi connectivity index (χ1v) is 7.53. The van der Waals surface area contributed by atoms with Gasteiger partial charge in [-0.05, 0) is 25.0 Å². The molecule has 0 bridgehead atoms. The molecule has 0 atom stereocenters. The number of aromatic nitrogens is 2. The van der Waals surface area contributed by atoms with Crippen LogP contribution >= 0.6 is 0 Å². The zero-order valence-corrected chi connectivity index (χ0v) is 11.7. The molecule has 0 radical (unpaired) electrons. The predicted octanol–water partition coefficient (Wildman–Crippen LogP) is 3.20. The van der Waals surface area contributed by atoms with Gasteiger partial charge in [-0.15, -0.1) is 10.2 Å². The van der Waals surface area contributed by atoms with Gasteiger partial charge in [0, 0.05) is 24.6 Å². The summed E-state index contributed by atoms with van der Waals surface area (Å²) in [5.74, 6) is 1.32. The van der Waals surface area contributed by atoms with Gasteiger partial charge in [0.25, 0.3) is 0 Å². The first kappa shape index (κ1) is 13.3. The summed E-state index contributed by atoms with van der Waals surface area (Å²) in [7, 11) is 0. The van der Waals surface area contributed by atoms with Crippen LogP contribution < -0.4 is 5.32 Å². The fourth-order valence-electron chi connectivity index (χ4n) is 2.74. The van der Waals surface area contributed by atoms with Crippen LogP contribution in [0.15, 0.2) is 34.7 Å². The molecule has 1 heterocycles. The van der Waals surface area contributed by atoms with Crippen LogP contribution in [-0.4, -0.2) is 22.8 Å². The van der Waals surface area contributed by atoms with Crippen LogP contribution in [0.1, 0.15) is 38.0 Å². The van der Waals surface area contributed by atoms with E-state index in [1.807, 2.05) is 30.3 Å². The highest BCUT2D eigenvalue weighted by Gasteiger charge is 2.13. The SMILES string of the molecule is c1ccc(-c2nnc(CCNC3CCCCC3)o2)cc1. The Morgan fingerprint density at radius 1 is 1.05 bits per heavy atom. The van der Waals surface area contributed by atoms with Crippen molar-refractivity contribution in [1.29, 1.82) is 0 Å². The Hall–Kier alpha value is -1.68. The monoisotopic (exact) mass is 271 g/mol. The molecule has 1 saturated carbocycles. The molecule has 0 aliphatic heterocycles. The molecular formula is C16H21N3O. The third-order valence-corrected chi connectivity index (χ3v) is 3.86. The molecule has 0 unspecified atom stereocenters. The highest BCUT2D eigenvalue weighted by Crippen LogP contribution is 2.18. The third-order valence-electron chi connectivity index (χ3n) is 3.86. The number of benzene rings is 1. The van der Waals surface area contributed by atoms with Crippen LogP contribution in [0, 0.1) is 0 Å². The Morgan fingerprint density at radius 3 is 2.65 bits per heavy atom. The lowest BCUT2D eigenvalue weighted by Crippen LogP contribution is -2.32. The minimum atomic E-state index is 0.610. The van der Waals surface area contributed by atoms with E-state index in [0.717, 1.165) is 18.5 Å². The van der Waals surface area contributed by atoms with Gasteiger partial charge in [0.05, 0.1) is 0 Å². The van der Waals surface area contributed by atoms with Crippen molar-refractivity contribution in [3.63, 3.8) is 0 Å². The molecule has 1 N–H and O–H groups in total. The lowest BCUT2D eigenvalue weighted by atomic mass is 9.95. The molecule has 0 saturated heterocycles. The van der Waals surface area contributed by atoms with Gasteiger partial charge in [-0.3, -0.25) is 0 Å². The summed E-state index contributed by atoms with van der Waals surface area (Å²) in [4.78, 5) is 0. The van der Waals surface area contributed by atoms with Crippen molar-refractivity contribution in [1.82, 2.24) is 15.5 Å². The quantitative estimate of drug-likeness (QED) is 0.907. The molecule has 1 fully saturated rings. The maximum Gasteiger partial charge on any atom is 0.247 e. The second kappa shape index (κ2) is 6.66. The lowest BCUT2D eigenvalue weighted by Gasteiger charge is -2.22. The summed E-state index contributed by atoms with van der Waals surface area (Å²) in [5.41, 5.74) is 0.978. The average Bonchev–Trinajstić information content (AvgIpc) is 2.98. The van der Waals surface area contributed by atoms with E-state index in [1.165, 1.54) is 32.1 Å². The topological polar surface area (TPSA) is 51.0 Å².